The minimum atomic E-state index is -1.07. The van der Waals surface area contributed by atoms with Crippen LogP contribution in [0.25, 0.3) is 0 Å². The number of benzene rings is 1. The lowest BCUT2D eigenvalue weighted by molar-refractivity contribution is 0.414. The Bertz CT molecular complexity index is 399. The maximum absolute atomic E-state index is 12.0. The van der Waals surface area contributed by atoms with E-state index in [9.17, 15) is 4.21 Å². The highest BCUT2D eigenvalue weighted by atomic mass is 32.2. The molecule has 0 aliphatic heterocycles. The second-order valence-corrected chi connectivity index (χ2v) is 7.00. The van der Waals surface area contributed by atoms with Gasteiger partial charge in [0.25, 0.3) is 0 Å². The third kappa shape index (κ3) is 4.13. The van der Waals surface area contributed by atoms with Gasteiger partial charge in [-0.2, -0.15) is 0 Å². The smallest absolute Gasteiger partial charge is 0.119 e. The molecule has 96 valence electrons. The molecule has 1 aromatic rings. The normalized spacial score (nSPS) is 15.4. The summed E-state index contributed by atoms with van der Waals surface area (Å²) in [6.45, 7) is 7.86. The maximum Gasteiger partial charge on any atom is 0.119 e. The van der Waals surface area contributed by atoms with E-state index in [4.69, 9.17) is 4.74 Å². The fourth-order valence-corrected chi connectivity index (χ4v) is 2.13. The van der Waals surface area contributed by atoms with Crippen molar-refractivity contribution in [2.45, 2.75) is 38.5 Å². The number of nitrogens with one attached hydrogen (secondary N) is 1. The molecule has 0 aromatic heterocycles. The fraction of sp³-hybridized carbons (Fsp3) is 0.538. The zero-order chi connectivity index (χ0) is 13.1. The Kier molecular flexibility index (Phi) is 4.71. The highest BCUT2D eigenvalue weighted by Crippen LogP contribution is 2.20. The van der Waals surface area contributed by atoms with Crippen LogP contribution in [-0.4, -0.2) is 16.1 Å². The van der Waals surface area contributed by atoms with E-state index in [0.717, 1.165) is 11.3 Å². The highest BCUT2D eigenvalue weighted by Gasteiger charge is 2.21. The van der Waals surface area contributed by atoms with Crippen LogP contribution < -0.4 is 9.46 Å². The first-order chi connectivity index (χ1) is 7.84. The standard InChI is InChI=1S/C13H21NO2S/c1-10(14-17(15)13(2,3)4)11-7-6-8-12(9-11)16-5/h6-10,14H,1-5H3/t10-,17-/m0/s1. The quantitative estimate of drug-likeness (QED) is 0.898. The van der Waals surface area contributed by atoms with E-state index in [1.807, 2.05) is 52.0 Å². The second-order valence-electron chi connectivity index (χ2n) is 5.00. The summed E-state index contributed by atoms with van der Waals surface area (Å²) in [5.41, 5.74) is 1.07. The van der Waals surface area contributed by atoms with E-state index >= 15 is 0 Å². The Morgan fingerprint density at radius 3 is 2.53 bits per heavy atom. The van der Waals surface area contributed by atoms with Crippen molar-refractivity contribution >= 4 is 11.0 Å². The molecule has 2 atom stereocenters. The molecule has 0 unspecified atom stereocenters. The van der Waals surface area contributed by atoms with Crippen LogP contribution in [0.3, 0.4) is 0 Å². The Morgan fingerprint density at radius 2 is 2.00 bits per heavy atom. The molecule has 0 bridgehead atoms. The highest BCUT2D eigenvalue weighted by molar-refractivity contribution is 7.84. The van der Waals surface area contributed by atoms with Crippen LogP contribution in [0, 0.1) is 0 Å². The Labute approximate surface area is 106 Å². The molecule has 0 fully saturated rings. The van der Waals surface area contributed by atoms with Crippen molar-refractivity contribution in [2.75, 3.05) is 7.11 Å². The molecule has 3 nitrogen and oxygen atoms in total. The summed E-state index contributed by atoms with van der Waals surface area (Å²) in [6, 6.07) is 7.83. The van der Waals surface area contributed by atoms with Gasteiger partial charge in [0.15, 0.2) is 0 Å². The SMILES string of the molecule is COc1cccc([C@H](C)N[S@@](=O)C(C)(C)C)c1. The largest absolute Gasteiger partial charge is 0.497 e. The number of methoxy groups -OCH3 is 1. The van der Waals surface area contributed by atoms with E-state index in [1.54, 1.807) is 7.11 Å². The third-order valence-electron chi connectivity index (χ3n) is 2.43. The van der Waals surface area contributed by atoms with Crippen LogP contribution in [0.15, 0.2) is 24.3 Å². The van der Waals surface area contributed by atoms with Gasteiger partial charge in [0.1, 0.15) is 5.75 Å². The van der Waals surface area contributed by atoms with Crippen molar-refractivity contribution in [1.82, 2.24) is 4.72 Å². The van der Waals surface area contributed by atoms with Gasteiger partial charge in [-0.25, -0.2) is 8.93 Å². The lowest BCUT2D eigenvalue weighted by Gasteiger charge is -2.22. The number of ether oxygens (including phenoxy) is 1. The van der Waals surface area contributed by atoms with Gasteiger partial charge in [0.2, 0.25) is 0 Å². The zero-order valence-corrected chi connectivity index (χ0v) is 11.9. The van der Waals surface area contributed by atoms with Gasteiger partial charge in [0, 0.05) is 6.04 Å². The van der Waals surface area contributed by atoms with E-state index in [-0.39, 0.29) is 10.8 Å². The molecular formula is C13H21NO2S. The topological polar surface area (TPSA) is 38.3 Å². The number of hydrogen-bond donors (Lipinski definition) is 1. The van der Waals surface area contributed by atoms with Crippen LogP contribution in [0.1, 0.15) is 39.3 Å². The molecule has 4 heteroatoms. The molecule has 1 rings (SSSR count). The van der Waals surface area contributed by atoms with Crippen LogP contribution >= 0.6 is 0 Å². The van der Waals surface area contributed by atoms with Crippen LogP contribution in [0.5, 0.6) is 5.75 Å². The average Bonchev–Trinajstić information content (AvgIpc) is 2.27. The molecule has 1 N–H and O–H groups in total. The van der Waals surface area contributed by atoms with E-state index in [2.05, 4.69) is 4.72 Å². The van der Waals surface area contributed by atoms with Gasteiger partial charge in [0.05, 0.1) is 22.8 Å². The predicted octanol–water partition coefficient (Wildman–Crippen LogP) is 2.81. The van der Waals surface area contributed by atoms with Crippen molar-refractivity contribution < 1.29 is 8.95 Å². The van der Waals surface area contributed by atoms with Crippen molar-refractivity contribution in [3.63, 3.8) is 0 Å². The molecule has 0 saturated carbocycles. The lowest BCUT2D eigenvalue weighted by Crippen LogP contribution is -2.34. The first-order valence-electron chi connectivity index (χ1n) is 5.66. The Hall–Kier alpha value is -0.870. The van der Waals surface area contributed by atoms with Gasteiger partial charge in [-0.05, 0) is 45.4 Å². The van der Waals surface area contributed by atoms with Crippen LogP contribution in [-0.2, 0) is 11.0 Å². The first kappa shape index (κ1) is 14.2. The average molecular weight is 255 g/mol. The van der Waals surface area contributed by atoms with Crippen molar-refractivity contribution in [3.05, 3.63) is 29.8 Å². The van der Waals surface area contributed by atoms with Crippen molar-refractivity contribution in [1.29, 1.82) is 0 Å². The molecule has 0 heterocycles. The third-order valence-corrected chi connectivity index (χ3v) is 4.11. The van der Waals surface area contributed by atoms with Gasteiger partial charge < -0.3 is 4.74 Å². The summed E-state index contributed by atoms with van der Waals surface area (Å²) < 4.78 is 20.0. The van der Waals surface area contributed by atoms with Gasteiger partial charge in [-0.1, -0.05) is 12.1 Å². The van der Waals surface area contributed by atoms with Crippen molar-refractivity contribution in [2.24, 2.45) is 0 Å². The summed E-state index contributed by atoms with van der Waals surface area (Å²) in [7, 11) is 0.576. The number of rotatable bonds is 4. The second kappa shape index (κ2) is 5.65. The minimum Gasteiger partial charge on any atom is -0.497 e. The van der Waals surface area contributed by atoms with Gasteiger partial charge in [-0.3, -0.25) is 0 Å². The Balaban J connectivity index is 2.76. The monoisotopic (exact) mass is 255 g/mol. The van der Waals surface area contributed by atoms with Crippen LogP contribution in [0.4, 0.5) is 0 Å². The zero-order valence-electron chi connectivity index (χ0n) is 11.1. The maximum atomic E-state index is 12.0. The molecule has 0 aliphatic rings. The van der Waals surface area contributed by atoms with E-state index < -0.39 is 11.0 Å². The summed E-state index contributed by atoms with van der Waals surface area (Å²) in [4.78, 5) is 0. The molecular weight excluding hydrogens is 234 g/mol. The predicted molar refractivity (Wildman–Crippen MR) is 72.4 cm³/mol. The van der Waals surface area contributed by atoms with Gasteiger partial charge >= 0.3 is 0 Å². The minimum absolute atomic E-state index is 0.0326. The number of hydrogen-bond acceptors (Lipinski definition) is 2. The lowest BCUT2D eigenvalue weighted by atomic mass is 10.1. The molecule has 17 heavy (non-hydrogen) atoms. The molecule has 1 aromatic carbocycles. The van der Waals surface area contributed by atoms with E-state index in [0.29, 0.717) is 0 Å². The molecule has 0 amide bonds. The molecule has 0 saturated heterocycles. The summed E-state index contributed by atoms with van der Waals surface area (Å²) in [6.07, 6.45) is 0. The summed E-state index contributed by atoms with van der Waals surface area (Å²) in [5, 5.41) is 0. The fourth-order valence-electron chi connectivity index (χ4n) is 1.32. The van der Waals surface area contributed by atoms with Crippen molar-refractivity contribution in [3.8, 4) is 5.75 Å². The molecule has 0 spiro atoms. The Morgan fingerprint density at radius 1 is 1.35 bits per heavy atom. The summed E-state index contributed by atoms with van der Waals surface area (Å²) in [5.74, 6) is 0.817. The molecule has 0 aliphatic carbocycles. The van der Waals surface area contributed by atoms with E-state index in [1.165, 1.54) is 0 Å². The van der Waals surface area contributed by atoms with Crippen LogP contribution in [0.2, 0.25) is 0 Å². The van der Waals surface area contributed by atoms with Gasteiger partial charge in [-0.15, -0.1) is 0 Å². The first-order valence-corrected chi connectivity index (χ1v) is 6.81. The molecule has 0 radical (unpaired) electrons. The summed E-state index contributed by atoms with van der Waals surface area (Å²) >= 11 is 0.